The van der Waals surface area contributed by atoms with Gasteiger partial charge in [0, 0.05) is 17.1 Å². The second-order valence-electron chi connectivity index (χ2n) is 0.610. The Morgan fingerprint density at radius 2 is 0.909 bits per heavy atom. The van der Waals surface area contributed by atoms with E-state index in [1.54, 1.807) is 0 Å². The molecular weight excluding hydrogens is 231 g/mol. The summed E-state index contributed by atoms with van der Waals surface area (Å²) in [4.78, 5) is 18.2. The molecule has 9 heteroatoms. The van der Waals surface area contributed by atoms with Crippen molar-refractivity contribution in [3.63, 3.8) is 0 Å². The average Bonchev–Trinajstić information content (AvgIpc) is 1.36. The van der Waals surface area contributed by atoms with Crippen molar-refractivity contribution < 1.29 is 53.3 Å². The zero-order valence-electron chi connectivity index (χ0n) is 4.56. The molecule has 0 radical (unpaired) electrons. The number of hydrogen-bond donors (Lipinski definition) is 2. The van der Waals surface area contributed by atoms with Gasteiger partial charge in [-0.15, -0.1) is 0 Å². The monoisotopic (exact) mass is 240 g/mol. The summed E-state index contributed by atoms with van der Waals surface area (Å²) in [7, 11) is 0. The van der Waals surface area contributed by atoms with Crippen molar-refractivity contribution in [2.75, 3.05) is 0 Å². The number of hydrogen-bond acceptors (Lipinski definition) is 2. The van der Waals surface area contributed by atoms with Gasteiger partial charge in [-0.1, -0.05) is 0 Å². The van der Waals surface area contributed by atoms with Crippen LogP contribution in [0.4, 0.5) is 0 Å². The molecule has 0 atom stereocenters. The summed E-state index contributed by atoms with van der Waals surface area (Å²) in [5.41, 5.74) is 0. The van der Waals surface area contributed by atoms with Gasteiger partial charge in [0.05, 0.1) is 0 Å². The number of carboxylic acids is 2. The molecule has 0 aromatic carbocycles. The molecule has 7 nitrogen and oxygen atoms in total. The Bertz CT molecular complexity index is 82.4. The van der Waals surface area contributed by atoms with E-state index in [2.05, 4.69) is 0 Å². The van der Waals surface area contributed by atoms with Gasteiger partial charge in [-0.25, -0.2) is 9.59 Å². The SMILES string of the molecule is O.O.O.O=C(O)C(=O)O.[Fe].[KH]. The fraction of sp³-hybridized carbons (Fsp3) is 0. The molecule has 0 saturated heterocycles. The van der Waals surface area contributed by atoms with Crippen molar-refractivity contribution >= 4 is 63.3 Å². The molecular formula is C2H9FeKO7. The van der Waals surface area contributed by atoms with Gasteiger partial charge in [-0.05, 0) is 0 Å². The van der Waals surface area contributed by atoms with Crippen LogP contribution in [0.1, 0.15) is 0 Å². The maximum atomic E-state index is 9.10. The second-order valence-corrected chi connectivity index (χ2v) is 0.610. The van der Waals surface area contributed by atoms with Gasteiger partial charge in [0.1, 0.15) is 0 Å². The molecule has 0 bridgehead atoms. The van der Waals surface area contributed by atoms with Crippen LogP contribution in [0, 0.1) is 0 Å². The van der Waals surface area contributed by atoms with Gasteiger partial charge in [0.2, 0.25) is 0 Å². The summed E-state index contributed by atoms with van der Waals surface area (Å²) in [6, 6.07) is 0. The van der Waals surface area contributed by atoms with Crippen molar-refractivity contribution in [1.29, 1.82) is 0 Å². The quantitative estimate of drug-likeness (QED) is 0.325. The number of rotatable bonds is 0. The molecule has 0 saturated carbocycles. The van der Waals surface area contributed by atoms with Gasteiger partial charge < -0.3 is 26.6 Å². The molecule has 0 rings (SSSR count). The van der Waals surface area contributed by atoms with Crippen molar-refractivity contribution in [3.8, 4) is 0 Å². The Hall–Kier alpha value is 0.976. The van der Waals surface area contributed by atoms with Crippen LogP contribution in [0.5, 0.6) is 0 Å². The molecule has 0 aromatic heterocycles. The zero-order valence-corrected chi connectivity index (χ0v) is 5.67. The Morgan fingerprint density at radius 3 is 0.909 bits per heavy atom. The van der Waals surface area contributed by atoms with Crippen LogP contribution in [0.3, 0.4) is 0 Å². The van der Waals surface area contributed by atoms with Crippen LogP contribution >= 0.6 is 0 Å². The van der Waals surface area contributed by atoms with Crippen LogP contribution in [0.25, 0.3) is 0 Å². The van der Waals surface area contributed by atoms with Crippen molar-refractivity contribution in [3.05, 3.63) is 0 Å². The van der Waals surface area contributed by atoms with E-state index in [1.807, 2.05) is 0 Å². The third-order valence-electron chi connectivity index (χ3n) is 0.183. The number of aliphatic carboxylic acids is 2. The topological polar surface area (TPSA) is 169 Å². The Morgan fingerprint density at radius 1 is 0.818 bits per heavy atom. The van der Waals surface area contributed by atoms with Crippen LogP contribution in [0.15, 0.2) is 0 Å². The van der Waals surface area contributed by atoms with E-state index in [9.17, 15) is 0 Å². The Kier molecular flexibility index (Phi) is 82.4. The summed E-state index contributed by atoms with van der Waals surface area (Å²) in [5, 5.41) is 14.8. The van der Waals surface area contributed by atoms with Crippen molar-refractivity contribution in [2.45, 2.75) is 0 Å². The van der Waals surface area contributed by atoms with Crippen molar-refractivity contribution in [2.24, 2.45) is 0 Å². The van der Waals surface area contributed by atoms with Gasteiger partial charge in [-0.3, -0.25) is 0 Å². The van der Waals surface area contributed by atoms with E-state index < -0.39 is 11.9 Å². The fourth-order valence-corrected chi connectivity index (χ4v) is 0. The van der Waals surface area contributed by atoms with E-state index >= 15 is 0 Å². The minimum absolute atomic E-state index is 0. The van der Waals surface area contributed by atoms with Gasteiger partial charge >= 0.3 is 63.3 Å². The standard InChI is InChI=1S/C2H2O4.Fe.K.3H2O.H/c3-1(4)2(5)6;;;;;;/h(H,3,4)(H,5,6);;;3*1H2;. The second kappa shape index (κ2) is 22.4. The first kappa shape index (κ1) is 40.4. The van der Waals surface area contributed by atoms with E-state index in [1.165, 1.54) is 0 Å². The minimum atomic E-state index is -1.82. The van der Waals surface area contributed by atoms with E-state index in [0.29, 0.717) is 0 Å². The first-order valence-corrected chi connectivity index (χ1v) is 1.11. The number of carboxylic acid groups (broad SMARTS) is 2. The fourth-order valence-electron chi connectivity index (χ4n) is 0. The predicted molar refractivity (Wildman–Crippen MR) is 33.3 cm³/mol. The summed E-state index contributed by atoms with van der Waals surface area (Å²) in [6.45, 7) is 0. The molecule has 8 N–H and O–H groups in total. The summed E-state index contributed by atoms with van der Waals surface area (Å²) < 4.78 is 0. The van der Waals surface area contributed by atoms with Crippen molar-refractivity contribution in [1.82, 2.24) is 0 Å². The normalized spacial score (nSPS) is 4.00. The first-order valence-electron chi connectivity index (χ1n) is 1.11. The molecule has 11 heavy (non-hydrogen) atoms. The molecule has 0 fully saturated rings. The van der Waals surface area contributed by atoms with E-state index in [4.69, 9.17) is 19.8 Å². The van der Waals surface area contributed by atoms with Crippen LogP contribution in [-0.4, -0.2) is 90.0 Å². The molecule has 0 aromatic rings. The van der Waals surface area contributed by atoms with E-state index in [-0.39, 0.29) is 84.9 Å². The van der Waals surface area contributed by atoms with Gasteiger partial charge in [0.15, 0.2) is 0 Å². The molecule has 0 spiro atoms. The van der Waals surface area contributed by atoms with Gasteiger partial charge in [-0.2, -0.15) is 0 Å². The maximum absolute atomic E-state index is 9.10. The average molecular weight is 240 g/mol. The third-order valence-corrected chi connectivity index (χ3v) is 0.183. The molecule has 0 aliphatic heterocycles. The predicted octanol–water partition coefficient (Wildman–Crippen LogP) is -3.97. The Balaban J connectivity index is -0.0000000125. The molecule has 0 amide bonds. The molecule has 0 aliphatic carbocycles. The van der Waals surface area contributed by atoms with Crippen LogP contribution in [-0.2, 0) is 26.7 Å². The van der Waals surface area contributed by atoms with Crippen LogP contribution in [0.2, 0.25) is 0 Å². The summed E-state index contributed by atoms with van der Waals surface area (Å²) in [6.07, 6.45) is 0. The third kappa shape index (κ3) is 35.7. The zero-order chi connectivity index (χ0) is 5.15. The van der Waals surface area contributed by atoms with E-state index in [0.717, 1.165) is 0 Å². The molecule has 68 valence electrons. The summed E-state index contributed by atoms with van der Waals surface area (Å²) in [5.74, 6) is -3.65. The number of carbonyl (C=O) groups is 2. The van der Waals surface area contributed by atoms with Crippen LogP contribution < -0.4 is 0 Å². The molecule has 0 unspecified atom stereocenters. The Labute approximate surface area is 115 Å². The van der Waals surface area contributed by atoms with Gasteiger partial charge in [0.25, 0.3) is 0 Å². The first-order chi connectivity index (χ1) is 2.64. The molecule has 0 heterocycles. The molecule has 0 aliphatic rings. The summed E-state index contributed by atoms with van der Waals surface area (Å²) >= 11 is 0.